The Bertz CT molecular complexity index is 867. The molecule has 23 heavy (non-hydrogen) atoms. The summed E-state index contributed by atoms with van der Waals surface area (Å²) in [4.78, 5) is 12.6. The number of furan rings is 1. The first-order valence-electron chi connectivity index (χ1n) is 7.15. The number of carbonyl (C=O) groups excluding carboxylic acids is 1. The zero-order valence-electron chi connectivity index (χ0n) is 13.2. The lowest BCUT2D eigenvalue weighted by molar-refractivity contribution is 0.0994. The van der Waals surface area contributed by atoms with Crippen molar-refractivity contribution in [3.63, 3.8) is 0 Å². The molecule has 118 valence electrons. The highest BCUT2D eigenvalue weighted by Crippen LogP contribution is 2.33. The molecule has 0 fully saturated rings. The Morgan fingerprint density at radius 1 is 1.09 bits per heavy atom. The van der Waals surface area contributed by atoms with Crippen LogP contribution in [-0.2, 0) is 0 Å². The molecule has 1 N–H and O–H groups in total. The fourth-order valence-corrected chi connectivity index (χ4v) is 2.46. The topological polar surface area (TPSA) is 60.7 Å². The van der Waals surface area contributed by atoms with Crippen LogP contribution in [0.5, 0.6) is 11.5 Å². The van der Waals surface area contributed by atoms with Crippen LogP contribution < -0.4 is 14.8 Å². The van der Waals surface area contributed by atoms with Crippen LogP contribution >= 0.6 is 0 Å². The number of nitrogens with one attached hydrogen (secondary N) is 1. The van der Waals surface area contributed by atoms with Gasteiger partial charge in [0.05, 0.1) is 19.6 Å². The highest BCUT2D eigenvalue weighted by Gasteiger charge is 2.21. The molecule has 1 aromatic heterocycles. The van der Waals surface area contributed by atoms with Gasteiger partial charge in [-0.15, -0.1) is 0 Å². The predicted molar refractivity (Wildman–Crippen MR) is 88.5 cm³/mol. The lowest BCUT2D eigenvalue weighted by Gasteiger charge is -2.09. The molecule has 3 aromatic rings. The lowest BCUT2D eigenvalue weighted by Crippen LogP contribution is -2.13. The van der Waals surface area contributed by atoms with E-state index in [1.807, 2.05) is 31.2 Å². The Morgan fingerprint density at radius 2 is 1.87 bits per heavy atom. The molecule has 0 aliphatic carbocycles. The molecule has 0 aliphatic heterocycles. The van der Waals surface area contributed by atoms with Crippen molar-refractivity contribution in [1.82, 2.24) is 0 Å². The van der Waals surface area contributed by atoms with Gasteiger partial charge in [-0.05, 0) is 42.8 Å². The molecule has 5 heteroatoms. The Kier molecular flexibility index (Phi) is 3.93. The maximum atomic E-state index is 12.6. The highest BCUT2D eigenvalue weighted by atomic mass is 16.5. The third-order valence-corrected chi connectivity index (χ3v) is 3.64. The van der Waals surface area contributed by atoms with Crippen molar-refractivity contribution < 1.29 is 18.7 Å². The quantitative estimate of drug-likeness (QED) is 0.791. The van der Waals surface area contributed by atoms with Gasteiger partial charge in [0.2, 0.25) is 5.76 Å². The van der Waals surface area contributed by atoms with E-state index in [0.29, 0.717) is 17.0 Å². The molecular weight excluding hydrogens is 294 g/mol. The lowest BCUT2D eigenvalue weighted by atomic mass is 10.2. The molecule has 0 atom stereocenters. The third kappa shape index (κ3) is 2.73. The summed E-state index contributed by atoms with van der Waals surface area (Å²) >= 11 is 0. The van der Waals surface area contributed by atoms with Crippen molar-refractivity contribution in [1.29, 1.82) is 0 Å². The van der Waals surface area contributed by atoms with Gasteiger partial charge >= 0.3 is 0 Å². The molecule has 0 saturated heterocycles. The van der Waals surface area contributed by atoms with Gasteiger partial charge in [-0.2, -0.15) is 0 Å². The molecule has 5 nitrogen and oxygen atoms in total. The normalized spacial score (nSPS) is 10.6. The van der Waals surface area contributed by atoms with Crippen LogP contribution in [-0.4, -0.2) is 20.1 Å². The monoisotopic (exact) mass is 311 g/mol. The van der Waals surface area contributed by atoms with Gasteiger partial charge in [0.1, 0.15) is 11.3 Å². The smallest absolute Gasteiger partial charge is 0.295 e. The molecule has 0 bridgehead atoms. The van der Waals surface area contributed by atoms with E-state index in [2.05, 4.69) is 5.32 Å². The van der Waals surface area contributed by atoms with Crippen molar-refractivity contribution in [2.75, 3.05) is 19.5 Å². The average molecular weight is 311 g/mol. The van der Waals surface area contributed by atoms with Crippen LogP contribution in [0.2, 0.25) is 0 Å². The Morgan fingerprint density at radius 3 is 2.57 bits per heavy atom. The second-order valence-electron chi connectivity index (χ2n) is 5.10. The minimum Gasteiger partial charge on any atom is -0.497 e. The van der Waals surface area contributed by atoms with Crippen molar-refractivity contribution in [3.05, 3.63) is 53.8 Å². The second-order valence-corrected chi connectivity index (χ2v) is 5.10. The van der Waals surface area contributed by atoms with Gasteiger partial charge in [0.25, 0.3) is 5.91 Å². The van der Waals surface area contributed by atoms with Gasteiger partial charge in [0, 0.05) is 5.69 Å². The number of amides is 1. The number of benzene rings is 2. The van der Waals surface area contributed by atoms with E-state index in [0.717, 1.165) is 16.7 Å². The number of para-hydroxylation sites is 1. The predicted octanol–water partition coefficient (Wildman–Crippen LogP) is 4.01. The van der Waals surface area contributed by atoms with Gasteiger partial charge in [-0.25, -0.2) is 0 Å². The summed E-state index contributed by atoms with van der Waals surface area (Å²) in [6.07, 6.45) is 0. The van der Waals surface area contributed by atoms with E-state index in [9.17, 15) is 4.79 Å². The van der Waals surface area contributed by atoms with E-state index in [4.69, 9.17) is 13.9 Å². The summed E-state index contributed by atoms with van der Waals surface area (Å²) in [5.41, 5.74) is 2.20. The summed E-state index contributed by atoms with van der Waals surface area (Å²) in [5, 5.41) is 3.62. The van der Waals surface area contributed by atoms with E-state index >= 15 is 0 Å². The summed E-state index contributed by atoms with van der Waals surface area (Å²) in [6.45, 7) is 1.90. The number of hydrogen-bond acceptors (Lipinski definition) is 4. The largest absolute Gasteiger partial charge is 0.497 e. The van der Waals surface area contributed by atoms with Crippen molar-refractivity contribution >= 4 is 22.6 Å². The van der Waals surface area contributed by atoms with Crippen LogP contribution in [0.4, 0.5) is 5.69 Å². The highest BCUT2D eigenvalue weighted by molar-refractivity contribution is 6.08. The Hall–Kier alpha value is -2.95. The number of carbonyl (C=O) groups is 1. The summed E-state index contributed by atoms with van der Waals surface area (Å²) in [6, 6.07) is 12.8. The first kappa shape index (κ1) is 15.0. The number of ether oxygens (including phenoxy) is 2. The van der Waals surface area contributed by atoms with Crippen LogP contribution in [0.25, 0.3) is 11.0 Å². The average Bonchev–Trinajstić information content (AvgIpc) is 2.95. The number of rotatable bonds is 4. The Labute approximate surface area is 133 Å². The van der Waals surface area contributed by atoms with Crippen molar-refractivity contribution in [2.24, 2.45) is 0 Å². The maximum Gasteiger partial charge on any atom is 0.295 e. The van der Waals surface area contributed by atoms with E-state index in [1.54, 1.807) is 25.3 Å². The van der Waals surface area contributed by atoms with Crippen LogP contribution in [0.3, 0.4) is 0 Å². The first-order chi connectivity index (χ1) is 11.1. The van der Waals surface area contributed by atoms with Gasteiger partial charge in [-0.3, -0.25) is 4.79 Å². The zero-order valence-corrected chi connectivity index (χ0v) is 13.2. The fraction of sp³-hybridized carbons (Fsp3) is 0.167. The van der Waals surface area contributed by atoms with E-state index < -0.39 is 0 Å². The molecule has 0 spiro atoms. The minimum atomic E-state index is -0.355. The SMILES string of the molecule is COc1ccc(NC(=O)c2oc3ccccc3c2OC)c(C)c1. The number of aryl methyl sites for hydroxylation is 1. The molecule has 0 saturated carbocycles. The van der Waals surface area contributed by atoms with Crippen LogP contribution in [0.15, 0.2) is 46.9 Å². The van der Waals surface area contributed by atoms with Crippen LogP contribution in [0, 0.1) is 6.92 Å². The first-order valence-corrected chi connectivity index (χ1v) is 7.15. The second kappa shape index (κ2) is 6.04. The molecule has 2 aromatic carbocycles. The molecular formula is C18H17NO4. The zero-order chi connectivity index (χ0) is 16.4. The number of hydrogen-bond donors (Lipinski definition) is 1. The van der Waals surface area contributed by atoms with Crippen molar-refractivity contribution in [2.45, 2.75) is 6.92 Å². The minimum absolute atomic E-state index is 0.156. The number of anilines is 1. The number of methoxy groups -OCH3 is 2. The fourth-order valence-electron chi connectivity index (χ4n) is 2.46. The molecule has 1 heterocycles. The molecule has 0 unspecified atom stereocenters. The molecule has 0 aliphatic rings. The van der Waals surface area contributed by atoms with E-state index in [-0.39, 0.29) is 11.7 Å². The summed E-state index contributed by atoms with van der Waals surface area (Å²) < 4.78 is 16.2. The number of fused-ring (bicyclic) bond motifs is 1. The standard InChI is InChI=1S/C18H17NO4/c1-11-10-12(21-2)8-9-14(11)19-18(20)17-16(22-3)13-6-4-5-7-15(13)23-17/h4-10H,1-3H3,(H,19,20). The van der Waals surface area contributed by atoms with Crippen LogP contribution in [0.1, 0.15) is 16.1 Å². The van der Waals surface area contributed by atoms with E-state index in [1.165, 1.54) is 7.11 Å². The van der Waals surface area contributed by atoms with Crippen molar-refractivity contribution in [3.8, 4) is 11.5 Å². The summed E-state index contributed by atoms with van der Waals surface area (Å²) in [7, 11) is 3.12. The third-order valence-electron chi connectivity index (χ3n) is 3.64. The summed E-state index contributed by atoms with van der Waals surface area (Å²) in [5.74, 6) is 0.973. The Balaban J connectivity index is 1.95. The van der Waals surface area contributed by atoms with Gasteiger partial charge < -0.3 is 19.2 Å². The molecule has 1 amide bonds. The van der Waals surface area contributed by atoms with Gasteiger partial charge in [0.15, 0.2) is 5.75 Å². The molecule has 0 radical (unpaired) electrons. The maximum absolute atomic E-state index is 12.6. The molecule has 3 rings (SSSR count). The van der Waals surface area contributed by atoms with Gasteiger partial charge in [-0.1, -0.05) is 12.1 Å².